The SMILES string of the molecule is C=CC1=C(c2c(C)ccc3oc4ccccc4c23)c2ccc(-c3c4ccccc4c(-c4ccc(-c5ccccc5)c5ccccc45)c4ccccc34)cc2C1(C)C. The van der Waals surface area contributed by atoms with Crippen molar-refractivity contribution in [2.24, 2.45) is 0 Å². The predicted molar refractivity (Wildman–Crippen MR) is 243 cm³/mol. The van der Waals surface area contributed by atoms with E-state index < -0.39 is 0 Å². The van der Waals surface area contributed by atoms with Crippen molar-refractivity contribution in [2.75, 3.05) is 0 Å². The summed E-state index contributed by atoms with van der Waals surface area (Å²) < 4.78 is 6.42. The van der Waals surface area contributed by atoms with Crippen molar-refractivity contribution in [3.8, 4) is 33.4 Å². The van der Waals surface area contributed by atoms with Crippen LogP contribution in [-0.4, -0.2) is 0 Å². The van der Waals surface area contributed by atoms with Gasteiger partial charge in [-0.25, -0.2) is 0 Å². The molecule has 9 aromatic carbocycles. The molecule has 1 heteroatoms. The van der Waals surface area contributed by atoms with E-state index in [1.54, 1.807) is 0 Å². The van der Waals surface area contributed by atoms with Crippen LogP contribution in [0.1, 0.15) is 36.1 Å². The van der Waals surface area contributed by atoms with Gasteiger partial charge in [-0.05, 0) is 124 Å². The van der Waals surface area contributed by atoms with Crippen LogP contribution in [0.25, 0.3) is 93.2 Å². The highest BCUT2D eigenvalue weighted by Crippen LogP contribution is 2.54. The lowest BCUT2D eigenvalue weighted by Gasteiger charge is -2.24. The van der Waals surface area contributed by atoms with Crippen molar-refractivity contribution in [2.45, 2.75) is 26.2 Å². The minimum atomic E-state index is -0.276. The van der Waals surface area contributed by atoms with E-state index in [9.17, 15) is 0 Å². The molecular formula is C56H40O. The van der Waals surface area contributed by atoms with Gasteiger partial charge in [-0.1, -0.05) is 178 Å². The third-order valence-corrected chi connectivity index (χ3v) is 12.6. The summed E-state index contributed by atoms with van der Waals surface area (Å²) in [4.78, 5) is 0. The van der Waals surface area contributed by atoms with Crippen LogP contribution in [0.3, 0.4) is 0 Å². The second-order valence-corrected chi connectivity index (χ2v) is 16.0. The number of benzene rings is 9. The molecule has 1 aliphatic rings. The van der Waals surface area contributed by atoms with Crippen molar-refractivity contribution in [1.82, 2.24) is 0 Å². The van der Waals surface area contributed by atoms with Gasteiger partial charge in [0.1, 0.15) is 11.2 Å². The van der Waals surface area contributed by atoms with Crippen LogP contribution in [0.4, 0.5) is 0 Å². The summed E-state index contributed by atoms with van der Waals surface area (Å²) >= 11 is 0. The zero-order valence-corrected chi connectivity index (χ0v) is 32.4. The second kappa shape index (κ2) is 12.5. The average molecular weight is 729 g/mol. The van der Waals surface area contributed by atoms with Gasteiger partial charge in [-0.15, -0.1) is 0 Å². The number of allylic oxidation sites excluding steroid dienone is 2. The normalized spacial score (nSPS) is 13.7. The van der Waals surface area contributed by atoms with Gasteiger partial charge in [0.25, 0.3) is 0 Å². The van der Waals surface area contributed by atoms with Gasteiger partial charge >= 0.3 is 0 Å². The lowest BCUT2D eigenvalue weighted by molar-refractivity contribution is 0.654. The topological polar surface area (TPSA) is 13.1 Å². The maximum atomic E-state index is 6.42. The van der Waals surface area contributed by atoms with E-state index in [0.29, 0.717) is 0 Å². The van der Waals surface area contributed by atoms with Crippen LogP contribution in [0.5, 0.6) is 0 Å². The van der Waals surface area contributed by atoms with Gasteiger partial charge < -0.3 is 4.42 Å². The molecule has 0 radical (unpaired) electrons. The highest BCUT2D eigenvalue weighted by molar-refractivity contribution is 6.24. The largest absolute Gasteiger partial charge is 0.456 e. The monoisotopic (exact) mass is 728 g/mol. The van der Waals surface area contributed by atoms with E-state index >= 15 is 0 Å². The van der Waals surface area contributed by atoms with Crippen LogP contribution < -0.4 is 0 Å². The Morgan fingerprint density at radius 2 is 1.00 bits per heavy atom. The van der Waals surface area contributed by atoms with Crippen molar-refractivity contribution < 1.29 is 4.42 Å². The lowest BCUT2D eigenvalue weighted by atomic mass is 9.79. The summed E-state index contributed by atoms with van der Waals surface area (Å²) in [5.41, 5.74) is 16.6. The zero-order chi connectivity index (χ0) is 38.4. The number of para-hydroxylation sites is 1. The summed E-state index contributed by atoms with van der Waals surface area (Å²) in [5, 5.41) is 9.84. The number of fused-ring (bicyclic) bond motifs is 7. The highest BCUT2D eigenvalue weighted by atomic mass is 16.3. The first-order chi connectivity index (χ1) is 27.9. The molecule has 0 unspecified atom stereocenters. The summed E-state index contributed by atoms with van der Waals surface area (Å²) in [6.07, 6.45) is 2.09. The first-order valence-corrected chi connectivity index (χ1v) is 19.9. The van der Waals surface area contributed by atoms with E-state index in [4.69, 9.17) is 4.42 Å². The fourth-order valence-electron chi connectivity index (χ4n) is 10.0. The number of furan rings is 1. The first kappa shape index (κ1) is 33.4. The molecule has 57 heavy (non-hydrogen) atoms. The Hall–Kier alpha value is -6.96. The summed E-state index contributed by atoms with van der Waals surface area (Å²) in [6, 6.07) is 62.2. The molecule has 1 aliphatic carbocycles. The molecule has 0 amide bonds. The smallest absolute Gasteiger partial charge is 0.136 e. The van der Waals surface area contributed by atoms with E-state index in [1.807, 2.05) is 6.07 Å². The third kappa shape index (κ3) is 4.82. The molecule has 1 aromatic heterocycles. The fraction of sp³-hybridized carbons (Fsp3) is 0.0714. The first-order valence-electron chi connectivity index (χ1n) is 19.9. The highest BCUT2D eigenvalue weighted by Gasteiger charge is 2.38. The van der Waals surface area contributed by atoms with Crippen LogP contribution in [0.15, 0.2) is 193 Å². The third-order valence-electron chi connectivity index (χ3n) is 12.6. The molecule has 1 nitrogen and oxygen atoms in total. The van der Waals surface area contributed by atoms with E-state index in [0.717, 1.165) is 16.6 Å². The Labute approximate surface area is 332 Å². The molecule has 0 atom stereocenters. The van der Waals surface area contributed by atoms with Gasteiger partial charge in [0.15, 0.2) is 0 Å². The Bertz CT molecular complexity index is 3280. The molecule has 0 fully saturated rings. The number of rotatable bonds is 5. The quantitative estimate of drug-likeness (QED) is 0.161. The molecule has 10 aromatic rings. The Balaban J connectivity index is 1.16. The Morgan fingerprint density at radius 1 is 0.456 bits per heavy atom. The number of hydrogen-bond acceptors (Lipinski definition) is 1. The molecule has 11 rings (SSSR count). The van der Waals surface area contributed by atoms with Crippen molar-refractivity contribution in [3.63, 3.8) is 0 Å². The van der Waals surface area contributed by atoms with Crippen LogP contribution in [-0.2, 0) is 5.41 Å². The van der Waals surface area contributed by atoms with E-state index in [-0.39, 0.29) is 5.41 Å². The zero-order valence-electron chi connectivity index (χ0n) is 32.4. The number of hydrogen-bond donors (Lipinski definition) is 0. The summed E-state index contributed by atoms with van der Waals surface area (Å²) in [7, 11) is 0. The molecular weight excluding hydrogens is 689 g/mol. The van der Waals surface area contributed by atoms with Gasteiger partial charge in [0.05, 0.1) is 0 Å². The molecule has 0 N–H and O–H groups in total. The minimum Gasteiger partial charge on any atom is -0.456 e. The van der Waals surface area contributed by atoms with Gasteiger partial charge in [0.2, 0.25) is 0 Å². The van der Waals surface area contributed by atoms with Gasteiger partial charge in [-0.3, -0.25) is 0 Å². The van der Waals surface area contributed by atoms with E-state index in [2.05, 4.69) is 197 Å². The van der Waals surface area contributed by atoms with Crippen LogP contribution in [0.2, 0.25) is 0 Å². The average Bonchev–Trinajstić information content (AvgIpc) is 3.73. The molecule has 0 saturated carbocycles. The fourth-order valence-corrected chi connectivity index (χ4v) is 10.0. The van der Waals surface area contributed by atoms with Gasteiger partial charge in [0, 0.05) is 16.2 Å². The number of aryl methyl sites for hydroxylation is 1. The predicted octanol–water partition coefficient (Wildman–Crippen LogP) is 15.6. The maximum absolute atomic E-state index is 6.42. The van der Waals surface area contributed by atoms with Crippen LogP contribution in [0, 0.1) is 6.92 Å². The van der Waals surface area contributed by atoms with Crippen molar-refractivity contribution >= 4 is 59.8 Å². The van der Waals surface area contributed by atoms with Crippen molar-refractivity contribution in [1.29, 1.82) is 0 Å². The van der Waals surface area contributed by atoms with Gasteiger partial charge in [-0.2, -0.15) is 0 Å². The van der Waals surface area contributed by atoms with Crippen molar-refractivity contribution in [3.05, 3.63) is 210 Å². The van der Waals surface area contributed by atoms with E-state index in [1.165, 1.54) is 104 Å². The Kier molecular flexibility index (Phi) is 7.34. The lowest BCUT2D eigenvalue weighted by Crippen LogP contribution is -2.16. The summed E-state index contributed by atoms with van der Waals surface area (Å²) in [5.74, 6) is 0. The summed E-state index contributed by atoms with van der Waals surface area (Å²) in [6.45, 7) is 11.4. The van der Waals surface area contributed by atoms with Crippen LogP contribution >= 0.6 is 0 Å². The standard InChI is InChI=1S/C56H40O/c1-5-47-54(51-34(2)27-32-50-55(51)46-25-15-16-26-49(46)57-50)45-29-28-36(33-48(45)56(47,3)4)52-40-21-11-13-23-42(40)53(43-24-14-12-22-41(43)52)44-31-30-37(35-17-7-6-8-18-35)38-19-9-10-20-39(38)44/h5-33H,1H2,2-4H3. The maximum Gasteiger partial charge on any atom is 0.136 e. The molecule has 0 aliphatic heterocycles. The Morgan fingerprint density at radius 3 is 1.67 bits per heavy atom. The molecule has 0 saturated heterocycles. The molecule has 270 valence electrons. The second-order valence-electron chi connectivity index (χ2n) is 16.0. The molecule has 1 heterocycles. The molecule has 0 bridgehead atoms. The molecule has 0 spiro atoms. The minimum absolute atomic E-state index is 0.276.